The zero-order valence-corrected chi connectivity index (χ0v) is 15.0. The fraction of sp³-hybridized carbons (Fsp3) is 0.150. The monoisotopic (exact) mass is 367 g/mol. The van der Waals surface area contributed by atoms with Crippen LogP contribution in [0.3, 0.4) is 0 Å². The van der Waals surface area contributed by atoms with Crippen LogP contribution >= 0.6 is 11.6 Å². The van der Waals surface area contributed by atoms with Gasteiger partial charge in [0.25, 0.3) is 11.5 Å². The van der Waals surface area contributed by atoms with E-state index in [4.69, 9.17) is 11.6 Å². The zero-order chi connectivity index (χ0) is 18.5. The van der Waals surface area contributed by atoms with Crippen LogP contribution < -0.4 is 10.9 Å². The number of nitrogens with zero attached hydrogens (tertiary/aromatic N) is 2. The second-order valence-electron chi connectivity index (χ2n) is 5.79. The van der Waals surface area contributed by atoms with E-state index in [-0.39, 0.29) is 23.2 Å². The first-order chi connectivity index (χ1) is 12.6. The quantitative estimate of drug-likeness (QED) is 0.746. The lowest BCUT2D eigenvalue weighted by atomic mass is 10.0. The smallest absolute Gasteiger partial charge is 0.272 e. The van der Waals surface area contributed by atoms with Crippen molar-refractivity contribution < 1.29 is 4.79 Å². The molecule has 1 N–H and O–H groups in total. The van der Waals surface area contributed by atoms with Crippen LogP contribution in [-0.4, -0.2) is 15.7 Å². The summed E-state index contributed by atoms with van der Waals surface area (Å²) in [6, 6.07) is 18.9. The predicted molar refractivity (Wildman–Crippen MR) is 102 cm³/mol. The first kappa shape index (κ1) is 17.9. The second-order valence-corrected chi connectivity index (χ2v) is 6.23. The minimum Gasteiger partial charge on any atom is -0.344 e. The van der Waals surface area contributed by atoms with Crippen LogP contribution in [0.15, 0.2) is 71.5 Å². The summed E-state index contributed by atoms with van der Waals surface area (Å²) in [5.41, 5.74) is 1.40. The molecule has 132 valence electrons. The number of carbonyl (C=O) groups excluding carboxylic acids is 1. The van der Waals surface area contributed by atoms with Crippen LogP contribution in [-0.2, 0) is 0 Å². The van der Waals surface area contributed by atoms with Crippen LogP contribution in [0.2, 0.25) is 5.02 Å². The van der Waals surface area contributed by atoms with Gasteiger partial charge in [0.05, 0.1) is 11.7 Å². The molecule has 0 aliphatic rings. The van der Waals surface area contributed by atoms with Crippen molar-refractivity contribution in [2.45, 2.75) is 19.4 Å². The molecule has 0 spiro atoms. The molecule has 26 heavy (non-hydrogen) atoms. The molecule has 1 amide bonds. The van der Waals surface area contributed by atoms with Crippen molar-refractivity contribution in [1.82, 2.24) is 15.1 Å². The van der Waals surface area contributed by atoms with E-state index in [1.807, 2.05) is 43.3 Å². The molecule has 1 unspecified atom stereocenters. The Kier molecular flexibility index (Phi) is 5.49. The number of rotatable bonds is 5. The highest BCUT2D eigenvalue weighted by atomic mass is 35.5. The predicted octanol–water partition coefficient (Wildman–Crippen LogP) is 3.77. The number of nitrogens with one attached hydrogen (secondary N) is 1. The minimum atomic E-state index is -0.346. The standard InChI is InChI=1S/C20H18ClN3O2/c1-2-17(14-7-6-8-15(21)13-14)22-20(26)18-11-12-19(25)24(23-18)16-9-4-3-5-10-16/h3-13,17H,2H2,1H3,(H,22,26). The van der Waals surface area contributed by atoms with E-state index in [0.717, 1.165) is 5.56 Å². The number of halogens is 1. The maximum Gasteiger partial charge on any atom is 0.272 e. The molecule has 3 rings (SSSR count). The van der Waals surface area contributed by atoms with Crippen molar-refractivity contribution in [1.29, 1.82) is 0 Å². The summed E-state index contributed by atoms with van der Waals surface area (Å²) in [5.74, 6) is -0.346. The number of aromatic nitrogens is 2. The van der Waals surface area contributed by atoms with E-state index in [9.17, 15) is 9.59 Å². The third-order valence-electron chi connectivity index (χ3n) is 4.00. The molecule has 0 saturated heterocycles. The van der Waals surface area contributed by atoms with Crippen LogP contribution in [0.25, 0.3) is 5.69 Å². The summed E-state index contributed by atoms with van der Waals surface area (Å²) >= 11 is 6.04. The van der Waals surface area contributed by atoms with Crippen LogP contribution in [0, 0.1) is 0 Å². The number of benzene rings is 2. The first-order valence-electron chi connectivity index (χ1n) is 8.30. The van der Waals surface area contributed by atoms with Crippen molar-refractivity contribution in [2.75, 3.05) is 0 Å². The number of hydrogen-bond acceptors (Lipinski definition) is 3. The minimum absolute atomic E-state index is 0.175. The maximum atomic E-state index is 12.6. The zero-order valence-electron chi connectivity index (χ0n) is 14.2. The highest BCUT2D eigenvalue weighted by molar-refractivity contribution is 6.30. The van der Waals surface area contributed by atoms with E-state index < -0.39 is 0 Å². The fourth-order valence-corrected chi connectivity index (χ4v) is 2.86. The summed E-state index contributed by atoms with van der Waals surface area (Å²) < 4.78 is 1.22. The van der Waals surface area contributed by atoms with Crippen molar-refractivity contribution in [3.63, 3.8) is 0 Å². The Morgan fingerprint density at radius 2 is 1.88 bits per heavy atom. The number of amides is 1. The lowest BCUT2D eigenvalue weighted by molar-refractivity contribution is 0.0928. The molecule has 0 aliphatic heterocycles. The summed E-state index contributed by atoms with van der Waals surface area (Å²) in [7, 11) is 0. The first-order valence-corrected chi connectivity index (χ1v) is 8.68. The van der Waals surface area contributed by atoms with Gasteiger partial charge in [-0.3, -0.25) is 9.59 Å². The van der Waals surface area contributed by atoms with Gasteiger partial charge < -0.3 is 5.32 Å². The van der Waals surface area contributed by atoms with E-state index in [2.05, 4.69) is 10.4 Å². The molecule has 3 aromatic rings. The topological polar surface area (TPSA) is 64.0 Å². The molecular formula is C20H18ClN3O2. The summed E-state index contributed by atoms with van der Waals surface area (Å²) in [4.78, 5) is 24.7. The number of para-hydroxylation sites is 1. The molecule has 1 aromatic heterocycles. The Labute approximate surface area is 156 Å². The maximum absolute atomic E-state index is 12.6. The lowest BCUT2D eigenvalue weighted by Gasteiger charge is -2.17. The van der Waals surface area contributed by atoms with Crippen molar-refractivity contribution in [3.8, 4) is 5.69 Å². The molecule has 2 aromatic carbocycles. The molecule has 0 bridgehead atoms. The molecule has 1 atom stereocenters. The van der Waals surface area contributed by atoms with E-state index in [1.165, 1.54) is 16.8 Å². The van der Waals surface area contributed by atoms with E-state index >= 15 is 0 Å². The van der Waals surface area contributed by atoms with E-state index in [0.29, 0.717) is 17.1 Å². The van der Waals surface area contributed by atoms with Crippen molar-refractivity contribution in [2.24, 2.45) is 0 Å². The average Bonchev–Trinajstić information content (AvgIpc) is 2.67. The molecule has 5 nitrogen and oxygen atoms in total. The van der Waals surface area contributed by atoms with Gasteiger partial charge in [0, 0.05) is 11.1 Å². The molecule has 0 aliphatic carbocycles. The average molecular weight is 368 g/mol. The Morgan fingerprint density at radius 1 is 1.12 bits per heavy atom. The van der Waals surface area contributed by atoms with Gasteiger partial charge in [0.1, 0.15) is 5.69 Å². The molecule has 0 fully saturated rings. The second kappa shape index (κ2) is 7.97. The third kappa shape index (κ3) is 4.00. The highest BCUT2D eigenvalue weighted by Gasteiger charge is 2.16. The highest BCUT2D eigenvalue weighted by Crippen LogP contribution is 2.20. The largest absolute Gasteiger partial charge is 0.344 e. The Hall–Kier alpha value is -2.92. The molecule has 0 saturated carbocycles. The SMILES string of the molecule is CCC(NC(=O)c1ccc(=O)n(-c2ccccc2)n1)c1cccc(Cl)c1. The van der Waals surface area contributed by atoms with Gasteiger partial charge in [-0.2, -0.15) is 9.78 Å². The van der Waals surface area contributed by atoms with Crippen LogP contribution in [0.5, 0.6) is 0 Å². The van der Waals surface area contributed by atoms with Crippen molar-refractivity contribution >= 4 is 17.5 Å². The third-order valence-corrected chi connectivity index (χ3v) is 4.23. The number of carbonyl (C=O) groups is 1. The van der Waals surface area contributed by atoms with Crippen LogP contribution in [0.1, 0.15) is 35.4 Å². The Balaban J connectivity index is 1.87. The summed E-state index contributed by atoms with van der Waals surface area (Å²) in [6.45, 7) is 1.98. The number of hydrogen-bond donors (Lipinski definition) is 1. The van der Waals surface area contributed by atoms with Gasteiger partial charge in [-0.15, -0.1) is 0 Å². The van der Waals surface area contributed by atoms with Crippen molar-refractivity contribution in [3.05, 3.63) is 93.4 Å². The van der Waals surface area contributed by atoms with Gasteiger partial charge in [-0.1, -0.05) is 48.9 Å². The van der Waals surface area contributed by atoms with E-state index in [1.54, 1.807) is 18.2 Å². The summed E-state index contributed by atoms with van der Waals surface area (Å²) in [5, 5.41) is 7.77. The normalized spacial score (nSPS) is 11.8. The summed E-state index contributed by atoms with van der Waals surface area (Å²) in [6.07, 6.45) is 0.699. The Morgan fingerprint density at radius 3 is 2.58 bits per heavy atom. The van der Waals surface area contributed by atoms with Gasteiger partial charge >= 0.3 is 0 Å². The molecule has 1 heterocycles. The van der Waals surface area contributed by atoms with Gasteiger partial charge in [-0.05, 0) is 42.3 Å². The fourth-order valence-electron chi connectivity index (χ4n) is 2.66. The van der Waals surface area contributed by atoms with Gasteiger partial charge in [0.2, 0.25) is 0 Å². The van der Waals surface area contributed by atoms with Crippen LogP contribution in [0.4, 0.5) is 0 Å². The van der Waals surface area contributed by atoms with Gasteiger partial charge in [0.15, 0.2) is 0 Å². The lowest BCUT2D eigenvalue weighted by Crippen LogP contribution is -2.31. The molecular weight excluding hydrogens is 350 g/mol. The molecule has 0 radical (unpaired) electrons. The van der Waals surface area contributed by atoms with Gasteiger partial charge in [-0.25, -0.2) is 0 Å². The molecule has 6 heteroatoms. The Bertz CT molecular complexity index is 970.